The van der Waals surface area contributed by atoms with Crippen molar-refractivity contribution < 1.29 is 6.17 Å². The van der Waals surface area contributed by atoms with E-state index in [-0.39, 0.29) is 22.3 Å². The smallest absolute Gasteiger partial charge is 0.106 e. The molecule has 0 rings (SSSR count). The summed E-state index contributed by atoms with van der Waals surface area (Å²) in [6.07, 6.45) is 0. The lowest BCUT2D eigenvalue weighted by atomic mass is 11.0. The van der Waals surface area contributed by atoms with Gasteiger partial charge in [0.15, 0.2) is 0 Å². The summed E-state index contributed by atoms with van der Waals surface area (Å²) < 4.78 is 5.75. The molecule has 0 aliphatic heterocycles. The van der Waals surface area contributed by atoms with Crippen molar-refractivity contribution in [1.82, 2.24) is 0 Å². The van der Waals surface area contributed by atoms with E-state index in [0.29, 0.717) is 0 Å². The highest BCUT2D eigenvalue weighted by Gasteiger charge is 0.936. The van der Waals surface area contributed by atoms with Crippen molar-refractivity contribution in [1.29, 1.82) is 0 Å². The molecule has 0 N–H and O–H groups in total. The predicted molar refractivity (Wildman–Crippen MR) is 68.1 cm³/mol. The van der Waals surface area contributed by atoms with Gasteiger partial charge in [-0.15, -0.1) is 0 Å². The highest BCUT2D eigenvalue weighted by Crippen LogP contribution is 1.15. The van der Waals surface area contributed by atoms with E-state index in [2.05, 4.69) is 0 Å². The van der Waals surface area contributed by atoms with Crippen LogP contribution in [0.4, 0.5) is 0 Å². The van der Waals surface area contributed by atoms with Crippen LogP contribution < -0.4 is 0 Å². The van der Waals surface area contributed by atoms with Crippen LogP contribution in [-0.4, -0.2) is 6.79 Å². The third kappa shape index (κ3) is 6670. The zero-order valence-electron chi connectivity index (χ0n) is 9.12. The number of carbonyl (C=O) groups excluding carboxylic acids is 1. The van der Waals surface area contributed by atoms with Crippen molar-refractivity contribution in [2.24, 2.45) is 0 Å². The summed E-state index contributed by atoms with van der Waals surface area (Å²) >= 11 is 0. The van der Waals surface area contributed by atoms with Crippen LogP contribution in [0.5, 0.6) is 0 Å². The molecule has 1 heteroatoms. The Kier molecular flexibility index (Phi) is 46500. The SMILES string of the molecule is C.C.C.C=O.CC.CC.CC.[3H]C. The molecule has 0 fully saturated rings. The highest BCUT2D eigenvalue weighted by atomic mass is 16.1. The number of hydrogen-bond donors (Lipinski definition) is 0. The van der Waals surface area contributed by atoms with E-state index in [1.165, 1.54) is 7.40 Å². The van der Waals surface area contributed by atoms with Gasteiger partial charge >= 0.3 is 0 Å². The molecule has 0 bridgehead atoms. The van der Waals surface area contributed by atoms with E-state index >= 15 is 0 Å². The maximum atomic E-state index is 8.00. The Morgan fingerprint density at radius 2 is 0.667 bits per heavy atom. The van der Waals surface area contributed by atoms with Crippen LogP contribution in [0.15, 0.2) is 0 Å². The summed E-state index contributed by atoms with van der Waals surface area (Å²) in [6, 6.07) is 0. The summed E-state index contributed by atoms with van der Waals surface area (Å²) in [5.41, 5.74) is 0. The first-order valence-corrected chi connectivity index (χ1v) is 3.29. The van der Waals surface area contributed by atoms with Crippen molar-refractivity contribution in [3.63, 3.8) is 0 Å². The van der Waals surface area contributed by atoms with E-state index in [4.69, 9.17) is 6.17 Å². The average molecular weight is 186 g/mol. The molecule has 0 saturated heterocycles. The molecule has 0 aromatic heterocycles. The van der Waals surface area contributed by atoms with Gasteiger partial charge in [0.25, 0.3) is 0 Å². The molecule has 0 unspecified atom stereocenters. The van der Waals surface area contributed by atoms with E-state index in [9.17, 15) is 0 Å². The number of carbonyl (C=O) groups is 1. The van der Waals surface area contributed by atoms with Gasteiger partial charge in [-0.3, -0.25) is 0 Å². The van der Waals surface area contributed by atoms with Crippen molar-refractivity contribution >= 4 is 6.79 Å². The van der Waals surface area contributed by atoms with Gasteiger partial charge in [0.2, 0.25) is 0 Å². The first-order chi connectivity index (χ1) is 5.00. The molecule has 86 valence electrons. The molecular weight excluding hydrogens is 148 g/mol. The maximum Gasteiger partial charge on any atom is 0.106 e. The van der Waals surface area contributed by atoms with Crippen LogP contribution >= 0.6 is 0 Å². The lowest BCUT2D eigenvalue weighted by molar-refractivity contribution is -0.0979. The van der Waals surface area contributed by atoms with Crippen molar-refractivity contribution in [3.05, 3.63) is 0 Å². The normalized spacial score (nSPS) is 2.42. The van der Waals surface area contributed by atoms with E-state index in [0.717, 1.165) is 0 Å². The monoisotopic (exact) mass is 186 g/mol. The highest BCUT2D eigenvalue weighted by molar-refractivity contribution is 5.10. The minimum absolute atomic E-state index is 0. The molecule has 0 aliphatic carbocycles. The van der Waals surface area contributed by atoms with Crippen LogP contribution in [-0.2, 0) is 4.79 Å². The Hall–Kier alpha value is -0.330. The zero-order valence-corrected chi connectivity index (χ0v) is 8.12. The third-order valence-electron chi connectivity index (χ3n) is 0. The summed E-state index contributed by atoms with van der Waals surface area (Å²) in [5.74, 6) is 0. The largest absolute Gasteiger partial charge is 0.307 e. The zero-order chi connectivity index (χ0) is 10.0. The predicted octanol–water partition coefficient (Wildman–Crippen LogP) is 5.44. The molecule has 0 amide bonds. The Morgan fingerprint density at radius 3 is 0.667 bits per heavy atom. The second-order valence-electron chi connectivity index (χ2n) is 0. The minimum Gasteiger partial charge on any atom is -0.307 e. The van der Waals surface area contributed by atoms with Crippen LogP contribution in [0.25, 0.3) is 0 Å². The van der Waals surface area contributed by atoms with Crippen LogP contribution in [0, 0.1) is 0 Å². The van der Waals surface area contributed by atoms with Gasteiger partial charge in [0.1, 0.15) is 6.79 Å². The van der Waals surface area contributed by atoms with Gasteiger partial charge in [-0.25, -0.2) is 0 Å². The fourth-order valence-electron chi connectivity index (χ4n) is 0. The fraction of sp³-hybridized carbons (Fsp3) is 0.909. The lowest BCUT2D eigenvalue weighted by Gasteiger charge is -1.07. The van der Waals surface area contributed by atoms with E-state index in [1.807, 2.05) is 48.3 Å². The van der Waals surface area contributed by atoms with Gasteiger partial charge in [-0.2, -0.15) is 0 Å². The third-order valence-corrected chi connectivity index (χ3v) is 0. The second-order valence-corrected chi connectivity index (χ2v) is 0. The van der Waals surface area contributed by atoms with Crippen molar-refractivity contribution in [3.8, 4) is 0 Å². The Bertz CT molecular complexity index is 10.1. The number of hydrogen-bond acceptors (Lipinski definition) is 1. The van der Waals surface area contributed by atoms with Crippen LogP contribution in [0.2, 0.25) is 0 Å². The van der Waals surface area contributed by atoms with Crippen molar-refractivity contribution in [2.75, 3.05) is 0 Å². The fourth-order valence-corrected chi connectivity index (χ4v) is 0. The molecule has 0 aromatic rings. The first kappa shape index (κ1) is 60.9. The molecule has 0 saturated carbocycles. The topological polar surface area (TPSA) is 17.1 Å². The lowest BCUT2D eigenvalue weighted by Crippen LogP contribution is -0.925. The molecule has 0 aromatic carbocycles. The molecule has 0 heterocycles. The van der Waals surface area contributed by atoms with Crippen molar-refractivity contribution in [2.45, 2.75) is 71.2 Å². The second kappa shape index (κ2) is 9160. The van der Waals surface area contributed by atoms with Gasteiger partial charge < -0.3 is 4.79 Å². The summed E-state index contributed by atoms with van der Waals surface area (Å²) in [4.78, 5) is 8.00. The number of rotatable bonds is 0. The molecule has 12 heavy (non-hydrogen) atoms. The summed E-state index contributed by atoms with van der Waals surface area (Å²) in [6.45, 7) is 14.0. The average Bonchev–Trinajstić information content (AvgIpc) is 2.20. The molecule has 0 radical (unpaired) electrons. The van der Waals surface area contributed by atoms with Gasteiger partial charge in [-0.05, 0) is 0 Å². The Morgan fingerprint density at radius 1 is 0.667 bits per heavy atom. The Labute approximate surface area is 85.0 Å². The molecule has 1 nitrogen and oxygen atoms in total. The van der Waals surface area contributed by atoms with Crippen LogP contribution in [0.1, 0.15) is 72.6 Å². The molecule has 0 atom stereocenters. The summed E-state index contributed by atoms with van der Waals surface area (Å²) in [7, 11) is 1.25. The molecular formula is C11H36O. The quantitative estimate of drug-likeness (QED) is 0.492. The summed E-state index contributed by atoms with van der Waals surface area (Å²) in [5, 5.41) is 0. The standard InChI is InChI=1S/3C2H6.CH2O.4CH4/c4*1-2;;;;/h3*1-2H3;1H2;4*1H4/i;;;;1T;;;. The van der Waals surface area contributed by atoms with E-state index in [1.54, 1.807) is 0 Å². The minimum atomic E-state index is 0. The maximum absolute atomic E-state index is 8.00. The van der Waals surface area contributed by atoms with Gasteiger partial charge in [0, 0.05) is 1.37 Å². The van der Waals surface area contributed by atoms with Gasteiger partial charge in [0.05, 0.1) is 0 Å². The molecule has 0 aliphatic rings. The van der Waals surface area contributed by atoms with Crippen LogP contribution in [0.3, 0.4) is 0 Å². The Balaban J connectivity index is -0.00000000379. The van der Waals surface area contributed by atoms with E-state index < -0.39 is 0 Å². The first-order valence-electron chi connectivity index (χ1n) is 4.29. The van der Waals surface area contributed by atoms with Gasteiger partial charge in [-0.1, -0.05) is 71.2 Å². The molecule has 0 spiro atoms.